The summed E-state index contributed by atoms with van der Waals surface area (Å²) in [5.41, 5.74) is 4.52. The van der Waals surface area contributed by atoms with Crippen molar-refractivity contribution in [1.29, 1.82) is 0 Å². The second-order valence-electron chi connectivity index (χ2n) is 8.27. The Bertz CT molecular complexity index is 1150. The Kier molecular flexibility index (Phi) is 5.69. The van der Waals surface area contributed by atoms with Crippen LogP contribution in [0.2, 0.25) is 0 Å². The van der Waals surface area contributed by atoms with Gasteiger partial charge in [0.2, 0.25) is 0 Å². The Labute approximate surface area is 178 Å². The number of benzene rings is 3. The van der Waals surface area contributed by atoms with Crippen LogP contribution in [0.1, 0.15) is 18.4 Å². The van der Waals surface area contributed by atoms with Crippen LogP contribution < -0.4 is 10.8 Å². The van der Waals surface area contributed by atoms with E-state index in [2.05, 4.69) is 83.8 Å². The molecule has 0 unspecified atom stereocenters. The lowest BCUT2D eigenvalue weighted by molar-refractivity contribution is -0.136. The molecule has 0 atom stereocenters. The standard InChI is InChI=1S/C25H28N2O2S/c1-30(2)15-13-25(14-16-30,24(28)27-29)26-18-19-7-9-21(10-8-19)23-12-11-20-5-3-4-6-22(20)17-23/h3-12,17,26,29H,1-2,13-16,18H2,(H,27,28). The fraction of sp³-hybridized carbons (Fsp3) is 0.240. The third kappa shape index (κ3) is 4.29. The average Bonchev–Trinajstić information content (AvgIpc) is 2.78. The molecule has 0 aliphatic carbocycles. The molecule has 1 aliphatic rings. The van der Waals surface area contributed by atoms with Gasteiger partial charge in [0.1, 0.15) is 5.54 Å². The molecule has 4 rings (SSSR count). The molecule has 1 fully saturated rings. The lowest BCUT2D eigenvalue weighted by Crippen LogP contribution is -2.58. The Morgan fingerprint density at radius 2 is 1.57 bits per heavy atom. The maximum atomic E-state index is 12.4. The fourth-order valence-electron chi connectivity index (χ4n) is 4.05. The van der Waals surface area contributed by atoms with Crippen LogP contribution in [0, 0.1) is 0 Å². The normalized spacial score (nSPS) is 17.5. The van der Waals surface area contributed by atoms with Gasteiger partial charge in [0.05, 0.1) is 0 Å². The molecular formula is C25H28N2O2S. The van der Waals surface area contributed by atoms with Crippen molar-refractivity contribution in [2.45, 2.75) is 24.9 Å². The van der Waals surface area contributed by atoms with E-state index in [0.717, 1.165) is 22.6 Å². The first-order valence-electron chi connectivity index (χ1n) is 10.1. The van der Waals surface area contributed by atoms with Crippen molar-refractivity contribution in [3.63, 3.8) is 0 Å². The number of hydroxylamine groups is 1. The van der Waals surface area contributed by atoms with Crippen molar-refractivity contribution in [2.24, 2.45) is 0 Å². The highest BCUT2D eigenvalue weighted by atomic mass is 32.2. The summed E-state index contributed by atoms with van der Waals surface area (Å²) in [5.74, 6) is 9.67. The van der Waals surface area contributed by atoms with Gasteiger partial charge in [-0.2, -0.15) is 0 Å². The minimum atomic E-state index is -1.13. The molecule has 4 nitrogen and oxygen atoms in total. The van der Waals surface area contributed by atoms with Crippen LogP contribution in [-0.4, -0.2) is 39.9 Å². The van der Waals surface area contributed by atoms with Gasteiger partial charge in [-0.15, -0.1) is 0 Å². The van der Waals surface area contributed by atoms with Crippen molar-refractivity contribution in [3.05, 3.63) is 72.3 Å². The summed E-state index contributed by atoms with van der Waals surface area (Å²) in [7, 11) is -1.13. The molecule has 5 heteroatoms. The number of amides is 1. The van der Waals surface area contributed by atoms with E-state index in [4.69, 9.17) is 0 Å². The molecule has 156 valence electrons. The van der Waals surface area contributed by atoms with E-state index < -0.39 is 14.7 Å². The summed E-state index contributed by atoms with van der Waals surface area (Å²) in [6.45, 7) is 0.558. The zero-order chi connectivity index (χ0) is 21.2. The van der Waals surface area contributed by atoms with Gasteiger partial charge in [-0.1, -0.05) is 72.4 Å². The molecular weight excluding hydrogens is 392 g/mol. The van der Waals surface area contributed by atoms with Gasteiger partial charge in [-0.25, -0.2) is 14.7 Å². The molecule has 1 saturated heterocycles. The molecule has 3 aromatic rings. The SMILES string of the molecule is C=S1(=C)CCC(NCc2ccc(-c3ccc4ccccc4c3)cc2)(C(=O)NO)CC1. The molecule has 1 amide bonds. The molecule has 0 spiro atoms. The van der Waals surface area contributed by atoms with E-state index in [1.165, 1.54) is 16.3 Å². The van der Waals surface area contributed by atoms with E-state index in [0.29, 0.717) is 19.4 Å². The first-order chi connectivity index (χ1) is 14.4. The first-order valence-corrected chi connectivity index (χ1v) is 12.4. The Morgan fingerprint density at radius 1 is 0.933 bits per heavy atom. The van der Waals surface area contributed by atoms with Gasteiger partial charge in [-0.3, -0.25) is 15.3 Å². The summed E-state index contributed by atoms with van der Waals surface area (Å²) < 4.78 is 0. The Balaban J connectivity index is 1.49. The molecule has 1 aliphatic heterocycles. The van der Waals surface area contributed by atoms with Gasteiger partial charge >= 0.3 is 0 Å². The molecule has 0 aromatic heterocycles. The number of carbonyl (C=O) groups excluding carboxylic acids is 1. The summed E-state index contributed by atoms with van der Waals surface area (Å²) in [6, 6.07) is 23.2. The predicted molar refractivity (Wildman–Crippen MR) is 130 cm³/mol. The van der Waals surface area contributed by atoms with Crippen LogP contribution in [0.4, 0.5) is 0 Å². The van der Waals surface area contributed by atoms with Crippen LogP contribution in [0.15, 0.2) is 66.7 Å². The molecule has 0 radical (unpaired) electrons. The van der Waals surface area contributed by atoms with Crippen molar-refractivity contribution >= 4 is 37.6 Å². The van der Waals surface area contributed by atoms with Gasteiger partial charge in [0.25, 0.3) is 5.91 Å². The van der Waals surface area contributed by atoms with E-state index in [1.807, 2.05) is 5.48 Å². The van der Waals surface area contributed by atoms with Crippen LogP contribution in [-0.2, 0) is 11.3 Å². The van der Waals surface area contributed by atoms with Crippen molar-refractivity contribution in [2.75, 3.05) is 11.5 Å². The number of hydrogen-bond acceptors (Lipinski definition) is 3. The van der Waals surface area contributed by atoms with Gasteiger partial charge in [0.15, 0.2) is 0 Å². The quantitative estimate of drug-likeness (QED) is 0.328. The molecule has 3 aromatic carbocycles. The largest absolute Gasteiger partial charge is 0.299 e. The number of rotatable bonds is 5. The first kappa shape index (κ1) is 20.7. The average molecular weight is 421 g/mol. The maximum Gasteiger partial charge on any atom is 0.263 e. The number of hydrogen-bond donors (Lipinski definition) is 3. The molecule has 0 saturated carbocycles. The highest BCUT2D eigenvalue weighted by Crippen LogP contribution is 2.35. The van der Waals surface area contributed by atoms with Gasteiger partial charge in [0, 0.05) is 6.54 Å². The van der Waals surface area contributed by atoms with Crippen LogP contribution >= 0.6 is 9.21 Å². The minimum Gasteiger partial charge on any atom is -0.299 e. The summed E-state index contributed by atoms with van der Waals surface area (Å²) in [4.78, 5) is 12.4. The Morgan fingerprint density at radius 3 is 2.23 bits per heavy atom. The fourth-order valence-corrected chi connectivity index (χ4v) is 5.82. The van der Waals surface area contributed by atoms with Crippen molar-refractivity contribution in [1.82, 2.24) is 10.8 Å². The molecule has 1 heterocycles. The third-order valence-corrected chi connectivity index (χ3v) is 8.27. The van der Waals surface area contributed by atoms with Crippen LogP contribution in [0.5, 0.6) is 0 Å². The third-order valence-electron chi connectivity index (χ3n) is 6.13. The second kappa shape index (κ2) is 8.26. The molecule has 30 heavy (non-hydrogen) atoms. The minimum absolute atomic E-state index is 0.370. The topological polar surface area (TPSA) is 61.4 Å². The molecule has 3 N–H and O–H groups in total. The van der Waals surface area contributed by atoms with Crippen LogP contribution in [0.3, 0.4) is 0 Å². The van der Waals surface area contributed by atoms with Gasteiger partial charge in [-0.05, 0) is 57.9 Å². The van der Waals surface area contributed by atoms with Crippen LogP contribution in [0.25, 0.3) is 21.9 Å². The lowest BCUT2D eigenvalue weighted by Gasteiger charge is -2.39. The highest BCUT2D eigenvalue weighted by molar-refractivity contribution is 8.27. The maximum absolute atomic E-state index is 12.4. The zero-order valence-corrected chi connectivity index (χ0v) is 17.9. The van der Waals surface area contributed by atoms with E-state index in [-0.39, 0.29) is 5.91 Å². The van der Waals surface area contributed by atoms with E-state index in [9.17, 15) is 10.0 Å². The lowest BCUT2D eigenvalue weighted by atomic mass is 9.91. The zero-order valence-electron chi connectivity index (χ0n) is 17.1. The smallest absolute Gasteiger partial charge is 0.263 e. The number of fused-ring (bicyclic) bond motifs is 1. The van der Waals surface area contributed by atoms with E-state index >= 15 is 0 Å². The van der Waals surface area contributed by atoms with Gasteiger partial charge < -0.3 is 0 Å². The summed E-state index contributed by atoms with van der Waals surface area (Å²) >= 11 is 0. The monoisotopic (exact) mass is 420 g/mol. The highest BCUT2D eigenvalue weighted by Gasteiger charge is 2.40. The number of carbonyl (C=O) groups is 1. The summed E-state index contributed by atoms with van der Waals surface area (Å²) in [5, 5.41) is 15.1. The summed E-state index contributed by atoms with van der Waals surface area (Å²) in [6.07, 6.45) is 1.27. The number of nitrogens with one attached hydrogen (secondary N) is 2. The van der Waals surface area contributed by atoms with Crippen molar-refractivity contribution < 1.29 is 10.0 Å². The Hall–Kier alpha value is -2.60. The predicted octanol–water partition coefficient (Wildman–Crippen LogP) is 4.30. The second-order valence-corrected chi connectivity index (χ2v) is 11.5. The van der Waals surface area contributed by atoms with Crippen molar-refractivity contribution in [3.8, 4) is 11.1 Å². The van der Waals surface area contributed by atoms with E-state index in [1.54, 1.807) is 0 Å². The molecule has 0 bridgehead atoms.